The maximum Gasteiger partial charge on any atom is 0.229 e. The lowest BCUT2D eigenvalue weighted by Crippen LogP contribution is -2.55. The molecule has 0 atom stereocenters. The third kappa shape index (κ3) is 1.74. The fraction of sp³-hybridized carbons (Fsp3) is 0.765. The Bertz CT molecular complexity index is 555. The number of aromatic nitrogens is 2. The first-order valence-corrected chi connectivity index (χ1v) is 8.52. The molecule has 1 N–H and O–H groups in total. The summed E-state index contributed by atoms with van der Waals surface area (Å²) in [5.41, 5.74) is 2.31. The molecule has 1 amide bonds. The van der Waals surface area contributed by atoms with Crippen molar-refractivity contribution in [3.05, 3.63) is 17.7 Å². The Hall–Kier alpha value is -1.32. The predicted molar refractivity (Wildman–Crippen MR) is 78.3 cm³/mol. The number of amides is 1. The van der Waals surface area contributed by atoms with Gasteiger partial charge in [-0.2, -0.15) is 0 Å². The Balaban J connectivity index is 1.42. The smallest absolute Gasteiger partial charge is 0.229 e. The van der Waals surface area contributed by atoms with Gasteiger partial charge in [0.15, 0.2) is 0 Å². The minimum atomic E-state index is 0.00254. The van der Waals surface area contributed by atoms with Crippen LogP contribution in [0.4, 0.5) is 0 Å². The van der Waals surface area contributed by atoms with Crippen LogP contribution in [0, 0.1) is 23.2 Å². The van der Waals surface area contributed by atoms with Gasteiger partial charge in [-0.3, -0.25) is 4.79 Å². The van der Waals surface area contributed by atoms with E-state index in [9.17, 15) is 4.79 Å². The van der Waals surface area contributed by atoms with Gasteiger partial charge < -0.3 is 9.88 Å². The van der Waals surface area contributed by atoms with Crippen LogP contribution in [-0.4, -0.2) is 27.3 Å². The van der Waals surface area contributed by atoms with E-state index in [0.29, 0.717) is 5.91 Å². The number of imidazole rings is 1. The van der Waals surface area contributed by atoms with Crippen LogP contribution in [0.5, 0.6) is 0 Å². The normalized spacial score (nSPS) is 40.4. The largest absolute Gasteiger partial charge is 0.348 e. The zero-order chi connectivity index (χ0) is 14.0. The van der Waals surface area contributed by atoms with Gasteiger partial charge >= 0.3 is 0 Å². The number of aromatic amines is 1. The van der Waals surface area contributed by atoms with E-state index in [1.165, 1.54) is 44.2 Å². The monoisotopic (exact) mass is 285 g/mol. The fourth-order valence-corrected chi connectivity index (χ4v) is 6.09. The number of carbonyl (C=O) groups is 1. The van der Waals surface area contributed by atoms with Crippen molar-refractivity contribution in [2.75, 3.05) is 6.54 Å². The summed E-state index contributed by atoms with van der Waals surface area (Å²) in [4.78, 5) is 23.0. The second-order valence-corrected chi connectivity index (χ2v) is 8.00. The molecule has 4 saturated carbocycles. The van der Waals surface area contributed by atoms with Crippen molar-refractivity contribution >= 4 is 5.91 Å². The lowest BCUT2D eigenvalue weighted by molar-refractivity contribution is -0.158. The van der Waals surface area contributed by atoms with E-state index in [1.54, 1.807) is 6.33 Å². The van der Waals surface area contributed by atoms with Crippen molar-refractivity contribution in [1.82, 2.24) is 14.9 Å². The zero-order valence-corrected chi connectivity index (χ0v) is 12.5. The van der Waals surface area contributed by atoms with E-state index in [0.717, 1.165) is 43.0 Å². The standard InChI is InChI=1S/C17H23N3O/c21-16(20-2-1-14-15(9-20)19-10-18-14)17-6-11-3-12(7-17)5-13(4-11)8-17/h10-13H,1-9H2,(H,18,19). The van der Waals surface area contributed by atoms with Crippen LogP contribution in [0.1, 0.15) is 49.9 Å². The number of H-pyrrole nitrogens is 1. The molecule has 0 spiro atoms. The Morgan fingerprint density at radius 3 is 2.52 bits per heavy atom. The molecule has 0 unspecified atom stereocenters. The molecule has 4 fully saturated rings. The molecule has 2 heterocycles. The van der Waals surface area contributed by atoms with E-state index in [-0.39, 0.29) is 5.41 Å². The molecule has 0 saturated heterocycles. The second-order valence-electron chi connectivity index (χ2n) is 8.00. The van der Waals surface area contributed by atoms with Crippen LogP contribution in [0.25, 0.3) is 0 Å². The number of hydrogen-bond donors (Lipinski definition) is 1. The minimum absolute atomic E-state index is 0.00254. The molecule has 0 aromatic carbocycles. The molecule has 1 aromatic heterocycles. The Morgan fingerprint density at radius 2 is 1.86 bits per heavy atom. The third-order valence-corrected chi connectivity index (χ3v) is 6.56. The van der Waals surface area contributed by atoms with Gasteiger partial charge in [-0.25, -0.2) is 4.98 Å². The highest BCUT2D eigenvalue weighted by atomic mass is 16.2. The first-order valence-electron chi connectivity index (χ1n) is 8.52. The molecule has 4 aliphatic carbocycles. The van der Waals surface area contributed by atoms with E-state index in [2.05, 4.69) is 14.9 Å². The van der Waals surface area contributed by atoms with Gasteiger partial charge in [0.25, 0.3) is 0 Å². The first-order chi connectivity index (χ1) is 10.2. The van der Waals surface area contributed by atoms with Crippen molar-refractivity contribution in [2.24, 2.45) is 23.2 Å². The highest BCUT2D eigenvalue weighted by molar-refractivity contribution is 5.83. The van der Waals surface area contributed by atoms with Gasteiger partial charge in [-0.15, -0.1) is 0 Å². The molecule has 21 heavy (non-hydrogen) atoms. The molecule has 4 bridgehead atoms. The predicted octanol–water partition coefficient (Wildman–Crippen LogP) is 2.51. The van der Waals surface area contributed by atoms with Crippen LogP contribution in [0.15, 0.2) is 6.33 Å². The molecule has 5 aliphatic rings. The van der Waals surface area contributed by atoms with Crippen LogP contribution in [0.3, 0.4) is 0 Å². The Kier molecular flexibility index (Phi) is 2.40. The van der Waals surface area contributed by atoms with E-state index in [4.69, 9.17) is 0 Å². The van der Waals surface area contributed by atoms with Gasteiger partial charge in [0.1, 0.15) is 0 Å². The van der Waals surface area contributed by atoms with Crippen molar-refractivity contribution in [1.29, 1.82) is 0 Å². The van der Waals surface area contributed by atoms with Crippen molar-refractivity contribution in [3.8, 4) is 0 Å². The van der Waals surface area contributed by atoms with Gasteiger partial charge in [0.05, 0.1) is 24.0 Å². The summed E-state index contributed by atoms with van der Waals surface area (Å²) in [6.45, 7) is 1.59. The summed E-state index contributed by atoms with van der Waals surface area (Å²) in [5, 5.41) is 0. The van der Waals surface area contributed by atoms with Crippen LogP contribution >= 0.6 is 0 Å². The van der Waals surface area contributed by atoms with Crippen molar-refractivity contribution in [2.45, 2.75) is 51.5 Å². The first kappa shape index (κ1) is 12.2. The number of rotatable bonds is 1. The van der Waals surface area contributed by atoms with Gasteiger partial charge in [-0.1, -0.05) is 0 Å². The number of hydrogen-bond acceptors (Lipinski definition) is 2. The van der Waals surface area contributed by atoms with Gasteiger partial charge in [0, 0.05) is 18.7 Å². The van der Waals surface area contributed by atoms with Crippen LogP contribution < -0.4 is 0 Å². The molecule has 4 nitrogen and oxygen atoms in total. The summed E-state index contributed by atoms with van der Waals surface area (Å²) in [6.07, 6.45) is 10.4. The summed E-state index contributed by atoms with van der Waals surface area (Å²) in [7, 11) is 0. The fourth-order valence-electron chi connectivity index (χ4n) is 6.09. The van der Waals surface area contributed by atoms with E-state index in [1.807, 2.05) is 0 Å². The SMILES string of the molecule is O=C(N1CCc2[nH]cnc2C1)C12CC3CC(CC(C3)C1)C2. The van der Waals surface area contributed by atoms with Crippen molar-refractivity contribution in [3.63, 3.8) is 0 Å². The third-order valence-electron chi connectivity index (χ3n) is 6.56. The maximum absolute atomic E-state index is 13.3. The lowest BCUT2D eigenvalue weighted by atomic mass is 9.49. The topological polar surface area (TPSA) is 49.0 Å². The minimum Gasteiger partial charge on any atom is -0.348 e. The van der Waals surface area contributed by atoms with Gasteiger partial charge in [-0.05, 0) is 56.3 Å². The summed E-state index contributed by atoms with van der Waals surface area (Å²) in [6, 6.07) is 0. The average molecular weight is 285 g/mol. The quantitative estimate of drug-likeness (QED) is 0.862. The molecule has 4 heteroatoms. The Labute approximate surface area is 125 Å². The van der Waals surface area contributed by atoms with Crippen LogP contribution in [0.2, 0.25) is 0 Å². The average Bonchev–Trinajstić information content (AvgIpc) is 2.92. The van der Waals surface area contributed by atoms with E-state index < -0.39 is 0 Å². The molecule has 1 aromatic rings. The Morgan fingerprint density at radius 1 is 1.19 bits per heavy atom. The molecular weight excluding hydrogens is 262 g/mol. The number of nitrogens with zero attached hydrogens (tertiary/aromatic N) is 2. The number of fused-ring (bicyclic) bond motifs is 1. The molecule has 112 valence electrons. The zero-order valence-electron chi connectivity index (χ0n) is 12.5. The molecular formula is C17H23N3O. The molecule has 0 radical (unpaired) electrons. The highest BCUT2D eigenvalue weighted by Crippen LogP contribution is 2.60. The second kappa shape index (κ2) is 4.11. The van der Waals surface area contributed by atoms with Crippen LogP contribution in [-0.2, 0) is 17.8 Å². The summed E-state index contributed by atoms with van der Waals surface area (Å²) < 4.78 is 0. The summed E-state index contributed by atoms with van der Waals surface area (Å²) >= 11 is 0. The summed E-state index contributed by atoms with van der Waals surface area (Å²) in [5.74, 6) is 2.97. The molecule has 6 rings (SSSR count). The number of carbonyl (C=O) groups excluding carboxylic acids is 1. The van der Waals surface area contributed by atoms with Gasteiger partial charge in [0.2, 0.25) is 5.91 Å². The van der Waals surface area contributed by atoms with Crippen molar-refractivity contribution < 1.29 is 4.79 Å². The lowest BCUT2D eigenvalue weighted by Gasteiger charge is -2.56. The maximum atomic E-state index is 13.3. The highest BCUT2D eigenvalue weighted by Gasteiger charge is 2.55. The molecule has 1 aliphatic heterocycles. The number of nitrogens with one attached hydrogen (secondary N) is 1. The van der Waals surface area contributed by atoms with E-state index >= 15 is 0 Å².